The van der Waals surface area contributed by atoms with Crippen LogP contribution in [0.5, 0.6) is 0 Å². The molecule has 0 spiro atoms. The highest BCUT2D eigenvalue weighted by Crippen LogP contribution is 1.95. The Labute approximate surface area is 56.5 Å². The van der Waals surface area contributed by atoms with E-state index in [1.807, 2.05) is 0 Å². The number of nitrogen functional groups attached to an aromatic ring is 2. The molecule has 0 radical (unpaired) electrons. The van der Waals surface area contributed by atoms with Crippen molar-refractivity contribution in [1.82, 2.24) is 15.0 Å². The monoisotopic (exact) mass is 136 g/mol. The van der Waals surface area contributed by atoms with Gasteiger partial charge in [-0.25, -0.2) is 0 Å². The average molecular weight is 136 g/mol. The van der Waals surface area contributed by atoms with E-state index in [-0.39, 0.29) is 17.7 Å². The zero-order valence-electron chi connectivity index (χ0n) is 4.94. The fourth-order valence-corrected chi connectivity index (χ4v) is 0.459. The molecule has 0 aliphatic carbocycles. The summed E-state index contributed by atoms with van der Waals surface area (Å²) in [5.41, 5.74) is 10.3. The predicted octanol–water partition coefficient (Wildman–Crippen LogP) is -1.09. The van der Waals surface area contributed by atoms with Gasteiger partial charge in [-0.15, -0.1) is 0 Å². The van der Waals surface area contributed by atoms with Gasteiger partial charge >= 0.3 is 0 Å². The topological polar surface area (TPSA) is 114 Å². The summed E-state index contributed by atoms with van der Waals surface area (Å²) in [4.78, 5) is 10.4. The maximum Gasteiger partial charge on any atom is 0.238 e. The number of hydrogen-bond acceptors (Lipinski definition) is 6. The van der Waals surface area contributed by atoms with Crippen molar-refractivity contribution in [2.24, 2.45) is 0 Å². The molecule has 1 heterocycles. The highest BCUT2D eigenvalue weighted by molar-refractivity contribution is 5.29. The highest BCUT2D eigenvalue weighted by atomic mass is 15.1. The molecule has 6 nitrogen and oxygen atoms in total. The van der Waals surface area contributed by atoms with Crippen LogP contribution in [-0.4, -0.2) is 15.0 Å². The van der Waals surface area contributed by atoms with E-state index >= 15 is 0 Å². The fraction of sp³-hybridized carbons (Fsp3) is 0. The summed E-state index contributed by atoms with van der Waals surface area (Å²) in [6, 6.07) is 1.69. The second-order valence-corrected chi connectivity index (χ2v) is 1.49. The van der Waals surface area contributed by atoms with E-state index in [4.69, 9.17) is 16.7 Å². The van der Waals surface area contributed by atoms with Crippen molar-refractivity contribution >= 4 is 11.9 Å². The molecule has 1 aromatic heterocycles. The molecule has 0 amide bonds. The lowest BCUT2D eigenvalue weighted by Crippen LogP contribution is -2.04. The Balaban J connectivity index is 3.22. The van der Waals surface area contributed by atoms with Crippen LogP contribution in [0, 0.1) is 11.3 Å². The van der Waals surface area contributed by atoms with E-state index < -0.39 is 0 Å². The number of rotatable bonds is 0. The maximum atomic E-state index is 8.27. The second kappa shape index (κ2) is 2.14. The number of nitrogens with two attached hydrogens (primary N) is 2. The first-order valence-electron chi connectivity index (χ1n) is 2.39. The SMILES string of the molecule is N#Cc1nc(N)nc(N)n1. The van der Waals surface area contributed by atoms with Crippen molar-refractivity contribution < 1.29 is 0 Å². The maximum absolute atomic E-state index is 8.27. The Hall–Kier alpha value is -1.90. The van der Waals surface area contributed by atoms with Crippen LogP contribution in [0.15, 0.2) is 0 Å². The van der Waals surface area contributed by atoms with Gasteiger partial charge in [0.1, 0.15) is 6.07 Å². The van der Waals surface area contributed by atoms with Crippen LogP contribution in [0.4, 0.5) is 11.9 Å². The number of nitriles is 1. The third-order valence-electron chi connectivity index (χ3n) is 0.770. The summed E-state index contributed by atoms with van der Waals surface area (Å²) in [6.45, 7) is 0. The van der Waals surface area contributed by atoms with E-state index in [2.05, 4.69) is 15.0 Å². The van der Waals surface area contributed by atoms with Crippen LogP contribution >= 0.6 is 0 Å². The van der Waals surface area contributed by atoms with Gasteiger partial charge in [-0.05, 0) is 0 Å². The van der Waals surface area contributed by atoms with Gasteiger partial charge in [0.15, 0.2) is 0 Å². The summed E-state index contributed by atoms with van der Waals surface area (Å²) >= 11 is 0. The summed E-state index contributed by atoms with van der Waals surface area (Å²) in [5.74, 6) is -0.141. The average Bonchev–Trinajstić information content (AvgIpc) is 1.85. The molecule has 10 heavy (non-hydrogen) atoms. The summed E-state index contributed by atoms with van der Waals surface area (Å²) < 4.78 is 0. The molecule has 0 bridgehead atoms. The molecule has 0 unspecified atom stereocenters. The lowest BCUT2D eigenvalue weighted by atomic mass is 10.7. The number of aromatic nitrogens is 3. The predicted molar refractivity (Wildman–Crippen MR) is 33.4 cm³/mol. The van der Waals surface area contributed by atoms with Crippen molar-refractivity contribution in [1.29, 1.82) is 5.26 Å². The molecule has 0 fully saturated rings. The van der Waals surface area contributed by atoms with Crippen molar-refractivity contribution in [3.8, 4) is 6.07 Å². The largest absolute Gasteiger partial charge is 0.368 e. The molecule has 4 N–H and O–H groups in total. The van der Waals surface area contributed by atoms with Crippen molar-refractivity contribution in [3.63, 3.8) is 0 Å². The van der Waals surface area contributed by atoms with Gasteiger partial charge in [0.05, 0.1) is 0 Å². The first-order valence-corrected chi connectivity index (χ1v) is 2.39. The standard InChI is InChI=1S/C4H4N6/c5-1-2-8-3(6)10-4(7)9-2/h(H4,6,7,8,9,10). The molecular formula is C4H4N6. The molecule has 0 aromatic carbocycles. The van der Waals surface area contributed by atoms with Crippen LogP contribution in [0.1, 0.15) is 5.82 Å². The summed E-state index contributed by atoms with van der Waals surface area (Å²) in [5, 5.41) is 8.27. The molecule has 0 saturated carbocycles. The molecule has 1 aromatic rings. The molecule has 1 rings (SSSR count). The third-order valence-corrected chi connectivity index (χ3v) is 0.770. The van der Waals surface area contributed by atoms with Crippen molar-refractivity contribution in [2.75, 3.05) is 11.5 Å². The van der Waals surface area contributed by atoms with Gasteiger partial charge in [-0.1, -0.05) is 0 Å². The minimum Gasteiger partial charge on any atom is -0.368 e. The first kappa shape index (κ1) is 6.22. The zero-order valence-corrected chi connectivity index (χ0v) is 4.94. The van der Waals surface area contributed by atoms with E-state index in [0.29, 0.717) is 0 Å². The van der Waals surface area contributed by atoms with Crippen LogP contribution in [0.2, 0.25) is 0 Å². The lowest BCUT2D eigenvalue weighted by molar-refractivity contribution is 1.04. The summed E-state index contributed by atoms with van der Waals surface area (Å²) in [7, 11) is 0. The van der Waals surface area contributed by atoms with Crippen molar-refractivity contribution in [2.45, 2.75) is 0 Å². The van der Waals surface area contributed by atoms with E-state index in [1.54, 1.807) is 6.07 Å². The lowest BCUT2D eigenvalue weighted by Gasteiger charge is -1.92. The minimum atomic E-state index is -0.0648. The van der Waals surface area contributed by atoms with E-state index in [9.17, 15) is 0 Å². The molecular weight excluding hydrogens is 132 g/mol. The first-order chi connectivity index (χ1) is 4.72. The molecule has 0 aliphatic heterocycles. The molecule has 0 saturated heterocycles. The normalized spacial score (nSPS) is 8.70. The Morgan fingerprint density at radius 2 is 1.60 bits per heavy atom. The molecule has 0 atom stereocenters. The third kappa shape index (κ3) is 1.08. The van der Waals surface area contributed by atoms with Gasteiger partial charge in [0.2, 0.25) is 17.7 Å². The van der Waals surface area contributed by atoms with E-state index in [1.165, 1.54) is 0 Å². The minimum absolute atomic E-state index is 0.0379. The quantitative estimate of drug-likeness (QED) is 0.468. The van der Waals surface area contributed by atoms with Crippen LogP contribution in [0.3, 0.4) is 0 Å². The van der Waals surface area contributed by atoms with Crippen molar-refractivity contribution in [3.05, 3.63) is 5.82 Å². The van der Waals surface area contributed by atoms with Gasteiger partial charge in [-0.2, -0.15) is 20.2 Å². The zero-order chi connectivity index (χ0) is 7.56. The number of nitrogens with zero attached hydrogens (tertiary/aromatic N) is 4. The van der Waals surface area contributed by atoms with Crippen LogP contribution in [0.25, 0.3) is 0 Å². The van der Waals surface area contributed by atoms with Crippen LogP contribution in [-0.2, 0) is 0 Å². The Kier molecular flexibility index (Phi) is 1.33. The fourth-order valence-electron chi connectivity index (χ4n) is 0.459. The summed E-state index contributed by atoms with van der Waals surface area (Å²) in [6.07, 6.45) is 0. The van der Waals surface area contributed by atoms with Gasteiger partial charge in [-0.3, -0.25) is 0 Å². The molecule has 0 aliphatic rings. The van der Waals surface area contributed by atoms with Gasteiger partial charge in [0.25, 0.3) is 0 Å². The van der Waals surface area contributed by atoms with Gasteiger partial charge in [0, 0.05) is 0 Å². The highest BCUT2D eigenvalue weighted by Gasteiger charge is 1.97. The second-order valence-electron chi connectivity index (χ2n) is 1.49. The molecule has 50 valence electrons. The Bertz CT molecular complexity index is 266. The van der Waals surface area contributed by atoms with E-state index in [0.717, 1.165) is 0 Å². The smallest absolute Gasteiger partial charge is 0.238 e. The Morgan fingerprint density at radius 3 is 2.00 bits per heavy atom. The Morgan fingerprint density at radius 1 is 1.10 bits per heavy atom. The number of anilines is 2. The molecule has 6 heteroatoms. The van der Waals surface area contributed by atoms with Crippen LogP contribution < -0.4 is 11.5 Å². The number of hydrogen-bond donors (Lipinski definition) is 2. The van der Waals surface area contributed by atoms with Gasteiger partial charge < -0.3 is 11.5 Å².